The van der Waals surface area contributed by atoms with Gasteiger partial charge in [-0.05, 0) is 39.7 Å². The average molecular weight is 351 g/mol. The molecule has 1 N–H and O–H groups in total. The van der Waals surface area contributed by atoms with Crippen molar-refractivity contribution in [1.29, 1.82) is 0 Å². The van der Waals surface area contributed by atoms with Crippen molar-refractivity contribution in [3.05, 3.63) is 56.7 Å². The highest BCUT2D eigenvalue weighted by molar-refractivity contribution is 9.10. The van der Waals surface area contributed by atoms with Gasteiger partial charge in [-0.15, -0.1) is 0 Å². The molecule has 6 nitrogen and oxygen atoms in total. The Labute approximate surface area is 131 Å². The van der Waals surface area contributed by atoms with Gasteiger partial charge in [-0.1, -0.05) is 6.07 Å². The third-order valence-electron chi connectivity index (χ3n) is 2.91. The summed E-state index contributed by atoms with van der Waals surface area (Å²) in [6, 6.07) is 8.91. The van der Waals surface area contributed by atoms with Crippen LogP contribution in [-0.4, -0.2) is 24.0 Å². The monoisotopic (exact) mass is 350 g/mol. The van der Waals surface area contributed by atoms with E-state index in [0.29, 0.717) is 11.0 Å². The summed E-state index contributed by atoms with van der Waals surface area (Å²) in [5.74, 6) is 0.875. The maximum atomic E-state index is 10.9. The molecular formula is C14H15BrN4O2. The summed E-state index contributed by atoms with van der Waals surface area (Å²) >= 11 is 3.17. The number of hydrogen-bond acceptors (Lipinski definition) is 5. The number of anilines is 2. The number of nitrogens with one attached hydrogen (secondary N) is 1. The molecule has 0 fully saturated rings. The summed E-state index contributed by atoms with van der Waals surface area (Å²) in [5.41, 5.74) is 1.77. The van der Waals surface area contributed by atoms with E-state index in [9.17, 15) is 10.1 Å². The summed E-state index contributed by atoms with van der Waals surface area (Å²) in [7, 11) is 3.85. The highest BCUT2D eigenvalue weighted by Crippen LogP contribution is 2.26. The Balaban J connectivity index is 2.06. The first kappa shape index (κ1) is 15.2. The lowest BCUT2D eigenvalue weighted by Crippen LogP contribution is -2.10. The molecule has 2 aromatic rings. The van der Waals surface area contributed by atoms with Crippen LogP contribution in [0.15, 0.2) is 41.0 Å². The second kappa shape index (κ2) is 6.53. The van der Waals surface area contributed by atoms with Crippen molar-refractivity contribution in [2.75, 3.05) is 24.3 Å². The van der Waals surface area contributed by atoms with Crippen LogP contribution < -0.4 is 10.2 Å². The van der Waals surface area contributed by atoms with Gasteiger partial charge in [-0.3, -0.25) is 10.1 Å². The van der Waals surface area contributed by atoms with E-state index in [2.05, 4.69) is 26.2 Å². The fourth-order valence-electron chi connectivity index (χ4n) is 1.77. The first-order valence-electron chi connectivity index (χ1n) is 6.27. The molecule has 0 aliphatic heterocycles. The zero-order valence-corrected chi connectivity index (χ0v) is 13.3. The molecule has 2 rings (SSSR count). The number of nitro benzene ring substituents is 1. The standard InChI is InChI=1S/C14H15BrN4O2/c1-18(2)14-6-4-11(9-17-14)16-8-10-3-5-12(15)13(7-10)19(20)21/h3-7,9,16H,8H2,1-2H3. The molecule has 0 aliphatic rings. The summed E-state index contributed by atoms with van der Waals surface area (Å²) in [6.07, 6.45) is 1.74. The predicted octanol–water partition coefficient (Wildman–Crippen LogP) is 3.43. The molecule has 0 aliphatic carbocycles. The smallest absolute Gasteiger partial charge is 0.283 e. The first-order chi connectivity index (χ1) is 9.97. The second-order valence-corrected chi connectivity index (χ2v) is 5.55. The lowest BCUT2D eigenvalue weighted by molar-refractivity contribution is -0.385. The van der Waals surface area contributed by atoms with E-state index in [1.54, 1.807) is 18.3 Å². The van der Waals surface area contributed by atoms with Crippen LogP contribution >= 0.6 is 15.9 Å². The number of hydrogen-bond donors (Lipinski definition) is 1. The van der Waals surface area contributed by atoms with Crippen LogP contribution in [-0.2, 0) is 6.54 Å². The number of pyridine rings is 1. The summed E-state index contributed by atoms with van der Waals surface area (Å²) in [6.45, 7) is 0.497. The third-order valence-corrected chi connectivity index (χ3v) is 3.58. The van der Waals surface area contributed by atoms with Crippen LogP contribution in [0.25, 0.3) is 0 Å². The van der Waals surface area contributed by atoms with E-state index in [0.717, 1.165) is 17.1 Å². The molecule has 0 unspecified atom stereocenters. The van der Waals surface area contributed by atoms with Crippen LogP contribution in [0.4, 0.5) is 17.2 Å². The van der Waals surface area contributed by atoms with Crippen molar-refractivity contribution < 1.29 is 4.92 Å². The molecule has 1 aromatic heterocycles. The largest absolute Gasteiger partial charge is 0.380 e. The summed E-state index contributed by atoms with van der Waals surface area (Å²) in [4.78, 5) is 16.7. The summed E-state index contributed by atoms with van der Waals surface area (Å²) < 4.78 is 0.480. The molecule has 7 heteroatoms. The molecule has 1 heterocycles. The van der Waals surface area contributed by atoms with Gasteiger partial charge in [-0.25, -0.2) is 4.98 Å². The summed E-state index contributed by atoms with van der Waals surface area (Å²) in [5, 5.41) is 14.1. The highest BCUT2D eigenvalue weighted by atomic mass is 79.9. The van der Waals surface area contributed by atoms with Gasteiger partial charge in [-0.2, -0.15) is 0 Å². The number of halogens is 1. The Morgan fingerprint density at radius 3 is 2.67 bits per heavy atom. The van der Waals surface area contributed by atoms with Gasteiger partial charge in [0.2, 0.25) is 0 Å². The zero-order valence-electron chi connectivity index (χ0n) is 11.7. The lowest BCUT2D eigenvalue weighted by Gasteiger charge is -2.12. The van der Waals surface area contributed by atoms with E-state index in [1.807, 2.05) is 37.2 Å². The van der Waals surface area contributed by atoms with Crippen molar-refractivity contribution in [3.63, 3.8) is 0 Å². The minimum absolute atomic E-state index is 0.0652. The van der Waals surface area contributed by atoms with E-state index in [4.69, 9.17) is 0 Å². The molecule has 0 bridgehead atoms. The van der Waals surface area contributed by atoms with Gasteiger partial charge < -0.3 is 10.2 Å². The number of aromatic nitrogens is 1. The van der Waals surface area contributed by atoms with Crippen LogP contribution in [0.2, 0.25) is 0 Å². The average Bonchev–Trinajstić information content (AvgIpc) is 2.46. The lowest BCUT2D eigenvalue weighted by atomic mass is 10.2. The van der Waals surface area contributed by atoms with Gasteiger partial charge in [0.25, 0.3) is 5.69 Å². The molecule has 0 atom stereocenters. The van der Waals surface area contributed by atoms with E-state index in [-0.39, 0.29) is 5.69 Å². The van der Waals surface area contributed by atoms with Crippen molar-refractivity contribution in [1.82, 2.24) is 4.98 Å². The maximum Gasteiger partial charge on any atom is 0.283 e. The quantitative estimate of drug-likeness (QED) is 0.660. The molecule has 0 radical (unpaired) electrons. The molecule has 0 spiro atoms. The molecule has 110 valence electrons. The van der Waals surface area contributed by atoms with E-state index < -0.39 is 4.92 Å². The fourth-order valence-corrected chi connectivity index (χ4v) is 2.16. The Kier molecular flexibility index (Phi) is 4.74. The zero-order chi connectivity index (χ0) is 15.4. The Morgan fingerprint density at radius 1 is 1.33 bits per heavy atom. The van der Waals surface area contributed by atoms with Gasteiger partial charge in [0, 0.05) is 26.7 Å². The van der Waals surface area contributed by atoms with Crippen molar-refractivity contribution in [2.45, 2.75) is 6.54 Å². The van der Waals surface area contributed by atoms with Gasteiger partial charge >= 0.3 is 0 Å². The molecule has 0 saturated heterocycles. The highest BCUT2D eigenvalue weighted by Gasteiger charge is 2.12. The van der Waals surface area contributed by atoms with Crippen LogP contribution in [0.5, 0.6) is 0 Å². The van der Waals surface area contributed by atoms with Gasteiger partial charge in [0.15, 0.2) is 0 Å². The van der Waals surface area contributed by atoms with Gasteiger partial charge in [0.1, 0.15) is 5.82 Å². The number of nitrogens with zero attached hydrogens (tertiary/aromatic N) is 3. The fraction of sp³-hybridized carbons (Fsp3) is 0.214. The molecule has 1 aromatic carbocycles. The molecule has 0 amide bonds. The predicted molar refractivity (Wildman–Crippen MR) is 86.7 cm³/mol. The van der Waals surface area contributed by atoms with Crippen molar-refractivity contribution in [3.8, 4) is 0 Å². The number of rotatable bonds is 5. The first-order valence-corrected chi connectivity index (χ1v) is 7.07. The van der Waals surface area contributed by atoms with Crippen LogP contribution in [0, 0.1) is 10.1 Å². The van der Waals surface area contributed by atoms with Crippen LogP contribution in [0.3, 0.4) is 0 Å². The van der Waals surface area contributed by atoms with Crippen LogP contribution in [0.1, 0.15) is 5.56 Å². The number of benzene rings is 1. The van der Waals surface area contributed by atoms with Crippen molar-refractivity contribution in [2.24, 2.45) is 0 Å². The molecular weight excluding hydrogens is 336 g/mol. The number of nitro groups is 1. The third kappa shape index (κ3) is 3.91. The Morgan fingerprint density at radius 2 is 2.10 bits per heavy atom. The van der Waals surface area contributed by atoms with Crippen molar-refractivity contribution >= 4 is 33.1 Å². The minimum Gasteiger partial charge on any atom is -0.380 e. The second-order valence-electron chi connectivity index (χ2n) is 4.70. The molecule has 21 heavy (non-hydrogen) atoms. The molecule has 0 saturated carbocycles. The maximum absolute atomic E-state index is 10.9. The topological polar surface area (TPSA) is 71.3 Å². The van der Waals surface area contributed by atoms with E-state index in [1.165, 1.54) is 0 Å². The minimum atomic E-state index is -0.402. The Hall–Kier alpha value is -2.15. The SMILES string of the molecule is CN(C)c1ccc(NCc2ccc(Br)c([N+](=O)[O-])c2)cn1. The normalized spacial score (nSPS) is 10.2. The Bertz CT molecular complexity index is 644. The van der Waals surface area contributed by atoms with Gasteiger partial charge in [0.05, 0.1) is 21.3 Å². The van der Waals surface area contributed by atoms with E-state index >= 15 is 0 Å².